The maximum Gasteiger partial charge on any atom is 0.244 e. The average molecular weight is 430 g/mol. The third kappa shape index (κ3) is 5.09. The van der Waals surface area contributed by atoms with Crippen molar-refractivity contribution in [3.8, 4) is 11.5 Å². The molecule has 1 heterocycles. The number of aromatic nitrogens is 1. The molecule has 0 spiro atoms. The summed E-state index contributed by atoms with van der Waals surface area (Å²) in [5, 5.41) is 26.4. The number of allylic oxidation sites excluding steroid dienone is 2. The van der Waals surface area contributed by atoms with Crippen LogP contribution in [0.2, 0.25) is 0 Å². The van der Waals surface area contributed by atoms with Gasteiger partial charge >= 0.3 is 0 Å². The summed E-state index contributed by atoms with van der Waals surface area (Å²) < 4.78 is 0. The van der Waals surface area contributed by atoms with E-state index in [0.29, 0.717) is 13.1 Å². The molecule has 6 nitrogen and oxygen atoms in total. The first kappa shape index (κ1) is 21.4. The summed E-state index contributed by atoms with van der Waals surface area (Å²) in [5.41, 5.74) is 5.39. The molecular formula is C26H27N3O3. The largest absolute Gasteiger partial charge is 0.504 e. The van der Waals surface area contributed by atoms with Crippen LogP contribution < -0.4 is 10.6 Å². The molecule has 32 heavy (non-hydrogen) atoms. The highest BCUT2D eigenvalue weighted by molar-refractivity contribution is 5.93. The lowest BCUT2D eigenvalue weighted by molar-refractivity contribution is -0.116. The molecule has 4 rings (SSSR count). The summed E-state index contributed by atoms with van der Waals surface area (Å²) >= 11 is 0. The molecule has 0 unspecified atom stereocenters. The number of hydrogen-bond donors (Lipinski definition) is 4. The highest BCUT2D eigenvalue weighted by atomic mass is 16.3. The normalized spacial score (nSPS) is 13.5. The molecule has 0 aliphatic heterocycles. The van der Waals surface area contributed by atoms with Gasteiger partial charge in [0, 0.05) is 35.9 Å². The molecule has 4 N–H and O–H groups in total. The second-order valence-corrected chi connectivity index (χ2v) is 7.82. The first-order valence-corrected chi connectivity index (χ1v) is 10.9. The van der Waals surface area contributed by atoms with Gasteiger partial charge in [-0.15, -0.1) is 0 Å². The monoisotopic (exact) mass is 429 g/mol. The number of carbonyl (C=O) groups excluding carboxylic acids is 1. The molecule has 0 fully saturated rings. The number of amides is 1. The van der Waals surface area contributed by atoms with E-state index in [4.69, 9.17) is 4.98 Å². The Labute approximate surface area is 187 Å². The zero-order valence-electron chi connectivity index (χ0n) is 17.8. The summed E-state index contributed by atoms with van der Waals surface area (Å²) in [5.74, 6) is -0.512. The van der Waals surface area contributed by atoms with Gasteiger partial charge in [-0.3, -0.25) is 9.78 Å². The van der Waals surface area contributed by atoms with Crippen molar-refractivity contribution in [2.24, 2.45) is 0 Å². The molecule has 0 atom stereocenters. The van der Waals surface area contributed by atoms with Crippen molar-refractivity contribution in [2.45, 2.75) is 25.7 Å². The van der Waals surface area contributed by atoms with Gasteiger partial charge in [-0.2, -0.15) is 0 Å². The van der Waals surface area contributed by atoms with Gasteiger partial charge in [0.15, 0.2) is 11.5 Å². The van der Waals surface area contributed by atoms with Crippen molar-refractivity contribution in [1.29, 1.82) is 0 Å². The predicted octanol–water partition coefficient (Wildman–Crippen LogP) is 4.32. The number of para-hydroxylation sites is 1. The van der Waals surface area contributed by atoms with Gasteiger partial charge in [-0.25, -0.2) is 0 Å². The maximum absolute atomic E-state index is 12.1. The molecule has 0 bridgehead atoms. The molecule has 0 saturated carbocycles. The minimum atomic E-state index is -0.176. The zero-order valence-corrected chi connectivity index (χ0v) is 17.8. The van der Waals surface area contributed by atoms with E-state index >= 15 is 0 Å². The minimum Gasteiger partial charge on any atom is -0.504 e. The molecular weight excluding hydrogens is 402 g/mol. The topological polar surface area (TPSA) is 94.5 Å². The van der Waals surface area contributed by atoms with Crippen LogP contribution in [-0.2, 0) is 17.6 Å². The Bertz CT molecular complexity index is 1180. The van der Waals surface area contributed by atoms with Crippen molar-refractivity contribution < 1.29 is 15.0 Å². The van der Waals surface area contributed by atoms with Gasteiger partial charge in [0.05, 0.1) is 5.52 Å². The van der Waals surface area contributed by atoms with Crippen LogP contribution in [0.4, 0.5) is 5.69 Å². The van der Waals surface area contributed by atoms with Crippen LogP contribution in [0.15, 0.2) is 60.7 Å². The maximum atomic E-state index is 12.1. The molecule has 3 aromatic rings. The fraction of sp³-hybridized carbons (Fsp3) is 0.231. The smallest absolute Gasteiger partial charge is 0.244 e. The Morgan fingerprint density at radius 3 is 2.72 bits per heavy atom. The summed E-state index contributed by atoms with van der Waals surface area (Å²) in [6.07, 6.45) is 11.0. The van der Waals surface area contributed by atoms with Crippen molar-refractivity contribution in [1.82, 2.24) is 10.3 Å². The summed E-state index contributed by atoms with van der Waals surface area (Å²) in [6.45, 7) is 1.13. The number of fused-ring (bicyclic) bond motifs is 2. The molecule has 2 aromatic carbocycles. The predicted molar refractivity (Wildman–Crippen MR) is 128 cm³/mol. The van der Waals surface area contributed by atoms with Crippen LogP contribution in [0.1, 0.15) is 29.7 Å². The van der Waals surface area contributed by atoms with E-state index in [1.807, 2.05) is 12.1 Å². The van der Waals surface area contributed by atoms with Gasteiger partial charge in [0.1, 0.15) is 0 Å². The number of phenols is 2. The molecule has 1 aliphatic rings. The van der Waals surface area contributed by atoms with E-state index < -0.39 is 0 Å². The summed E-state index contributed by atoms with van der Waals surface area (Å²) in [4.78, 5) is 16.9. The highest BCUT2D eigenvalue weighted by Crippen LogP contribution is 2.33. The lowest BCUT2D eigenvalue weighted by atomic mass is 9.92. The lowest BCUT2D eigenvalue weighted by Crippen LogP contribution is -2.27. The van der Waals surface area contributed by atoms with Gasteiger partial charge in [0.2, 0.25) is 5.91 Å². The van der Waals surface area contributed by atoms with Gasteiger partial charge < -0.3 is 20.8 Å². The van der Waals surface area contributed by atoms with Gasteiger partial charge in [-0.05, 0) is 55.0 Å². The molecule has 1 amide bonds. The van der Waals surface area contributed by atoms with Crippen molar-refractivity contribution in [3.63, 3.8) is 0 Å². The lowest BCUT2D eigenvalue weighted by Gasteiger charge is -2.21. The highest BCUT2D eigenvalue weighted by Gasteiger charge is 2.17. The van der Waals surface area contributed by atoms with E-state index in [1.165, 1.54) is 42.3 Å². The Balaban J connectivity index is 1.31. The molecule has 164 valence electrons. The number of benzene rings is 2. The van der Waals surface area contributed by atoms with E-state index in [0.717, 1.165) is 35.0 Å². The number of nitrogens with zero attached hydrogens (tertiary/aromatic N) is 1. The summed E-state index contributed by atoms with van der Waals surface area (Å²) in [7, 11) is 0. The fourth-order valence-electron chi connectivity index (χ4n) is 3.96. The Kier molecular flexibility index (Phi) is 6.70. The second-order valence-electron chi connectivity index (χ2n) is 7.82. The quantitative estimate of drug-likeness (QED) is 0.194. The number of aromatic hydroxyl groups is 2. The van der Waals surface area contributed by atoms with Crippen LogP contribution in [0.5, 0.6) is 11.5 Å². The first-order valence-electron chi connectivity index (χ1n) is 10.9. The average Bonchev–Trinajstić information content (AvgIpc) is 2.81. The number of rotatable bonds is 7. The zero-order chi connectivity index (χ0) is 22.3. The minimum absolute atomic E-state index is 0.161. The van der Waals surface area contributed by atoms with E-state index in [1.54, 1.807) is 24.3 Å². The number of hydrogen-bond acceptors (Lipinski definition) is 5. The van der Waals surface area contributed by atoms with E-state index in [2.05, 4.69) is 22.8 Å². The number of aryl methyl sites for hydroxylation is 1. The van der Waals surface area contributed by atoms with Crippen molar-refractivity contribution >= 4 is 28.6 Å². The fourth-order valence-corrected chi connectivity index (χ4v) is 3.96. The van der Waals surface area contributed by atoms with E-state index in [-0.39, 0.29) is 17.4 Å². The molecule has 0 radical (unpaired) electrons. The molecule has 1 aliphatic carbocycles. The standard InChI is InChI=1S/C26H27N3O3/c30-23-14-13-18(17-24(23)31)7-1-6-12-25(32)27-15-16-28-26-19-8-2-4-10-21(19)29-22-11-5-3-9-20(22)26/h1-2,4,6-8,10,12-14,17,30-31H,3,5,9,11,15-16H2,(H,27,32)(H,28,29)/b7-1+,12-6+. The van der Waals surface area contributed by atoms with Crippen molar-refractivity contribution in [2.75, 3.05) is 18.4 Å². The number of phenolic OH excluding ortho intramolecular Hbond substituents is 2. The second kappa shape index (κ2) is 10.0. The molecule has 6 heteroatoms. The van der Waals surface area contributed by atoms with Gasteiger partial charge in [-0.1, -0.05) is 42.5 Å². The van der Waals surface area contributed by atoms with Crippen molar-refractivity contribution in [3.05, 3.63) is 77.5 Å². The van der Waals surface area contributed by atoms with Crippen LogP contribution in [0.3, 0.4) is 0 Å². The van der Waals surface area contributed by atoms with Crippen LogP contribution in [-0.4, -0.2) is 34.2 Å². The van der Waals surface area contributed by atoms with Crippen LogP contribution in [0, 0.1) is 0 Å². The summed E-state index contributed by atoms with van der Waals surface area (Å²) in [6, 6.07) is 12.7. The first-order chi connectivity index (χ1) is 15.6. The number of carbonyl (C=O) groups is 1. The number of anilines is 1. The third-order valence-corrected chi connectivity index (χ3v) is 5.54. The molecule has 1 aromatic heterocycles. The molecule has 0 saturated heterocycles. The van der Waals surface area contributed by atoms with Gasteiger partial charge in [0.25, 0.3) is 0 Å². The van der Waals surface area contributed by atoms with Crippen LogP contribution >= 0.6 is 0 Å². The Morgan fingerprint density at radius 2 is 1.84 bits per heavy atom. The van der Waals surface area contributed by atoms with Crippen LogP contribution in [0.25, 0.3) is 17.0 Å². The Hall–Kier alpha value is -3.80. The SMILES string of the molecule is O=C(/C=C/C=C/c1ccc(O)c(O)c1)NCCNc1c2c(nc3ccccc13)CCCC2. The third-order valence-electron chi connectivity index (χ3n) is 5.54. The number of pyridine rings is 1. The van der Waals surface area contributed by atoms with E-state index in [9.17, 15) is 15.0 Å². The Morgan fingerprint density at radius 1 is 1.00 bits per heavy atom. The number of nitrogens with one attached hydrogen (secondary N) is 2.